The number of likely N-dealkylation sites (N-methyl/N-ethyl adjacent to an activating group) is 1. The van der Waals surface area contributed by atoms with E-state index in [1.54, 1.807) is 6.92 Å². The Morgan fingerprint density at radius 1 is 1.33 bits per heavy atom. The number of para-hydroxylation sites is 1. The van der Waals surface area contributed by atoms with Gasteiger partial charge in [-0.25, -0.2) is 17.2 Å². The van der Waals surface area contributed by atoms with Crippen LogP contribution in [0.1, 0.15) is 6.92 Å². The van der Waals surface area contributed by atoms with Crippen molar-refractivity contribution < 1.29 is 26.9 Å². The highest BCUT2D eigenvalue weighted by atomic mass is 32.2. The van der Waals surface area contributed by atoms with Gasteiger partial charge in [-0.05, 0) is 19.1 Å². The van der Waals surface area contributed by atoms with Crippen LogP contribution in [0.3, 0.4) is 0 Å². The van der Waals surface area contributed by atoms with Crippen LogP contribution in [0.5, 0.6) is 0 Å². The van der Waals surface area contributed by atoms with Crippen molar-refractivity contribution in [1.82, 2.24) is 0 Å². The Bertz CT molecular complexity index is 971. The van der Waals surface area contributed by atoms with Gasteiger partial charge in [0.1, 0.15) is 21.5 Å². The molecule has 0 aliphatic rings. The lowest BCUT2D eigenvalue weighted by molar-refractivity contribution is -0.383. The van der Waals surface area contributed by atoms with Crippen LogP contribution in [0, 0.1) is 21.7 Å². The van der Waals surface area contributed by atoms with Crippen LogP contribution in [0.25, 0.3) is 0 Å². The van der Waals surface area contributed by atoms with Gasteiger partial charge in [0.25, 0.3) is 0 Å². The third-order valence-electron chi connectivity index (χ3n) is 3.46. The minimum absolute atomic E-state index is 0.0351. The third-order valence-corrected chi connectivity index (χ3v) is 6.45. The van der Waals surface area contributed by atoms with E-state index in [1.165, 1.54) is 4.90 Å². The van der Waals surface area contributed by atoms with Gasteiger partial charge in [0, 0.05) is 18.9 Å². The number of nitro groups is 1. The highest BCUT2D eigenvalue weighted by Crippen LogP contribution is 2.39. The molecule has 2 aromatic rings. The lowest BCUT2D eigenvalue weighted by atomic mass is 10.3. The van der Waals surface area contributed by atoms with Gasteiger partial charge in [-0.2, -0.15) is 0 Å². The Morgan fingerprint density at radius 3 is 2.41 bits per heavy atom. The number of carbonyl (C=O) groups is 1. The number of nitrogens with zero attached hydrogens (tertiary/aromatic N) is 2. The first kappa shape index (κ1) is 20.7. The molecule has 0 saturated heterocycles. The highest BCUT2D eigenvalue weighted by Gasteiger charge is 2.28. The number of anilines is 2. The van der Waals surface area contributed by atoms with Crippen LogP contribution in [-0.2, 0) is 14.6 Å². The first-order chi connectivity index (χ1) is 12.5. The Labute approximate surface area is 157 Å². The SMILES string of the molecule is CCN(CC(=O)Nc1c(F)cccc1F)c1sc(S(C)(=O)=O)cc1[N+](=O)[O-]. The maximum Gasteiger partial charge on any atom is 0.305 e. The normalized spacial score (nSPS) is 11.3. The van der Waals surface area contributed by atoms with Gasteiger partial charge in [0.2, 0.25) is 5.91 Å². The third kappa shape index (κ3) is 4.77. The van der Waals surface area contributed by atoms with Crippen molar-refractivity contribution in [3.8, 4) is 0 Å². The number of sulfone groups is 1. The second kappa shape index (κ2) is 7.96. The van der Waals surface area contributed by atoms with Crippen LogP contribution in [0.2, 0.25) is 0 Å². The maximum absolute atomic E-state index is 13.6. The van der Waals surface area contributed by atoms with E-state index in [-0.39, 0.29) is 15.8 Å². The quantitative estimate of drug-likeness (QED) is 0.546. The molecule has 12 heteroatoms. The largest absolute Gasteiger partial charge is 0.349 e. The number of thiophene rings is 1. The minimum atomic E-state index is -3.68. The van der Waals surface area contributed by atoms with Crippen molar-refractivity contribution in [1.29, 1.82) is 0 Å². The van der Waals surface area contributed by atoms with E-state index in [9.17, 15) is 32.1 Å². The smallest absolute Gasteiger partial charge is 0.305 e. The molecule has 2 rings (SSSR count). The van der Waals surface area contributed by atoms with Crippen LogP contribution in [0.4, 0.5) is 25.2 Å². The molecule has 0 spiro atoms. The summed E-state index contributed by atoms with van der Waals surface area (Å²) < 4.78 is 50.4. The summed E-state index contributed by atoms with van der Waals surface area (Å²) >= 11 is 0.650. The number of hydrogen-bond acceptors (Lipinski definition) is 7. The number of halogens is 2. The summed E-state index contributed by atoms with van der Waals surface area (Å²) in [6, 6.07) is 4.00. The van der Waals surface area contributed by atoms with Crippen LogP contribution in [0.15, 0.2) is 28.5 Å². The predicted molar refractivity (Wildman–Crippen MR) is 97.0 cm³/mol. The van der Waals surface area contributed by atoms with Crippen molar-refractivity contribution in [2.75, 3.05) is 29.6 Å². The highest BCUT2D eigenvalue weighted by molar-refractivity contribution is 7.92. The molecule has 0 saturated carbocycles. The fourth-order valence-electron chi connectivity index (χ4n) is 2.19. The zero-order chi connectivity index (χ0) is 20.4. The van der Waals surface area contributed by atoms with E-state index in [4.69, 9.17) is 0 Å². The van der Waals surface area contributed by atoms with Crippen molar-refractivity contribution in [3.05, 3.63) is 46.0 Å². The fraction of sp³-hybridized carbons (Fsp3) is 0.267. The molecule has 1 aromatic carbocycles. The first-order valence-electron chi connectivity index (χ1n) is 7.51. The number of nitrogens with one attached hydrogen (secondary N) is 1. The topological polar surface area (TPSA) is 110 Å². The molecule has 1 heterocycles. The lowest BCUT2D eigenvalue weighted by Gasteiger charge is -2.20. The van der Waals surface area contributed by atoms with Crippen LogP contribution >= 0.6 is 11.3 Å². The van der Waals surface area contributed by atoms with E-state index in [0.29, 0.717) is 11.3 Å². The van der Waals surface area contributed by atoms with Crippen molar-refractivity contribution >= 4 is 43.5 Å². The van der Waals surface area contributed by atoms with Crippen molar-refractivity contribution in [2.24, 2.45) is 0 Å². The maximum atomic E-state index is 13.6. The number of hydrogen-bond donors (Lipinski definition) is 1. The Morgan fingerprint density at radius 2 is 1.93 bits per heavy atom. The summed E-state index contributed by atoms with van der Waals surface area (Å²) in [4.78, 5) is 23.9. The summed E-state index contributed by atoms with van der Waals surface area (Å²) in [5.74, 6) is -2.75. The van der Waals surface area contributed by atoms with Gasteiger partial charge in [-0.15, -0.1) is 0 Å². The number of amides is 1. The Kier molecular flexibility index (Phi) is 6.11. The van der Waals surface area contributed by atoms with E-state index in [2.05, 4.69) is 5.32 Å². The molecule has 0 unspecified atom stereocenters. The van der Waals surface area contributed by atoms with Gasteiger partial charge < -0.3 is 10.2 Å². The van der Waals surface area contributed by atoms with Crippen LogP contribution < -0.4 is 10.2 Å². The monoisotopic (exact) mass is 419 g/mol. The molecule has 0 bridgehead atoms. The van der Waals surface area contributed by atoms with Gasteiger partial charge in [-0.3, -0.25) is 14.9 Å². The summed E-state index contributed by atoms with van der Waals surface area (Å²) in [5, 5.41) is 13.3. The predicted octanol–water partition coefficient (Wildman–Crippen LogP) is 2.80. The fourth-order valence-corrected chi connectivity index (χ4v) is 4.28. The molecule has 8 nitrogen and oxygen atoms in total. The molecular formula is C15H15F2N3O5S2. The molecule has 1 aromatic heterocycles. The van der Waals surface area contributed by atoms with E-state index in [0.717, 1.165) is 30.5 Å². The number of benzene rings is 1. The average Bonchev–Trinajstić information content (AvgIpc) is 3.02. The summed E-state index contributed by atoms with van der Waals surface area (Å²) in [5.41, 5.74) is -1.09. The van der Waals surface area contributed by atoms with E-state index < -0.39 is 50.2 Å². The molecule has 0 radical (unpaired) electrons. The Hall–Kier alpha value is -2.60. The van der Waals surface area contributed by atoms with Crippen LogP contribution in [-0.4, -0.2) is 38.6 Å². The minimum Gasteiger partial charge on any atom is -0.349 e. The standard InChI is InChI=1S/C15H15F2N3O5S2/c1-3-19(8-12(21)18-14-9(16)5-4-6-10(14)17)15-11(20(22)23)7-13(26-15)27(2,24)25/h4-7H,3,8H2,1-2H3,(H,18,21). The van der Waals surface area contributed by atoms with Crippen molar-refractivity contribution in [2.45, 2.75) is 11.1 Å². The molecule has 0 atom stereocenters. The van der Waals surface area contributed by atoms with Gasteiger partial charge in [-0.1, -0.05) is 17.4 Å². The molecular weight excluding hydrogens is 404 g/mol. The summed E-state index contributed by atoms with van der Waals surface area (Å²) in [6.07, 6.45) is 0.913. The second-order valence-corrected chi connectivity index (χ2v) is 8.72. The van der Waals surface area contributed by atoms with E-state index >= 15 is 0 Å². The zero-order valence-corrected chi connectivity index (χ0v) is 15.9. The zero-order valence-electron chi connectivity index (χ0n) is 14.2. The Balaban J connectivity index is 2.30. The van der Waals surface area contributed by atoms with Gasteiger partial charge in [0.15, 0.2) is 14.8 Å². The van der Waals surface area contributed by atoms with Gasteiger partial charge in [0.05, 0.1) is 11.5 Å². The molecule has 0 fully saturated rings. The number of carbonyl (C=O) groups excluding carboxylic acids is 1. The second-order valence-electron chi connectivity index (χ2n) is 5.44. The van der Waals surface area contributed by atoms with E-state index in [1.807, 2.05) is 0 Å². The molecule has 146 valence electrons. The average molecular weight is 419 g/mol. The van der Waals surface area contributed by atoms with Gasteiger partial charge >= 0.3 is 5.69 Å². The molecule has 1 amide bonds. The summed E-state index contributed by atoms with van der Waals surface area (Å²) in [6.45, 7) is 1.26. The number of rotatable bonds is 7. The molecule has 0 aliphatic heterocycles. The van der Waals surface area contributed by atoms with Crippen molar-refractivity contribution in [3.63, 3.8) is 0 Å². The molecule has 0 aliphatic carbocycles. The lowest BCUT2D eigenvalue weighted by Crippen LogP contribution is -2.33. The molecule has 27 heavy (non-hydrogen) atoms. The first-order valence-corrected chi connectivity index (χ1v) is 10.2. The molecule has 1 N–H and O–H groups in total. The summed E-state index contributed by atoms with van der Waals surface area (Å²) in [7, 11) is -3.68.